The van der Waals surface area contributed by atoms with Crippen LogP contribution in [0.15, 0.2) is 24.3 Å². The van der Waals surface area contributed by atoms with E-state index in [1.54, 1.807) is 11.8 Å². The second-order valence-electron chi connectivity index (χ2n) is 3.85. The van der Waals surface area contributed by atoms with Crippen LogP contribution in [0.4, 0.5) is 0 Å². The highest BCUT2D eigenvalue weighted by atomic mass is 127. The molecule has 0 aromatic heterocycles. The van der Waals surface area contributed by atoms with Gasteiger partial charge in [-0.3, -0.25) is 4.79 Å². The summed E-state index contributed by atoms with van der Waals surface area (Å²) in [5.41, 5.74) is 1.13. The molecule has 0 N–H and O–H groups in total. The Bertz CT molecular complexity index is 415. The first-order valence-electron chi connectivity index (χ1n) is 5.45. The van der Waals surface area contributed by atoms with Crippen LogP contribution in [0, 0.1) is 0 Å². The molecule has 0 radical (unpaired) electrons. The number of hydrogen-bond donors (Lipinski definition) is 0. The van der Waals surface area contributed by atoms with Crippen molar-refractivity contribution in [1.82, 2.24) is 4.90 Å². The topological polar surface area (TPSA) is 20.3 Å². The number of amides is 1. The largest absolute Gasteiger partial charge is 0.326 e. The maximum Gasteiger partial charge on any atom is 0.233 e. The zero-order valence-corrected chi connectivity index (χ0v) is 13.0. The molecule has 1 amide bonds. The number of nitrogens with zero attached hydrogens (tertiary/aromatic N) is 1. The molecule has 1 aromatic carbocycles. The van der Waals surface area contributed by atoms with Gasteiger partial charge in [0, 0.05) is 16.0 Å². The second-order valence-corrected chi connectivity index (χ2v) is 6.43. The summed E-state index contributed by atoms with van der Waals surface area (Å²) in [6.45, 7) is 0.839. The van der Waals surface area contributed by atoms with E-state index in [0.29, 0.717) is 5.75 Å². The van der Waals surface area contributed by atoms with E-state index in [1.807, 2.05) is 29.2 Å². The highest BCUT2D eigenvalue weighted by Crippen LogP contribution is 2.39. The summed E-state index contributed by atoms with van der Waals surface area (Å²) in [6.07, 6.45) is 1.05. The third-order valence-electron chi connectivity index (χ3n) is 2.63. The van der Waals surface area contributed by atoms with Crippen molar-refractivity contribution in [3.63, 3.8) is 0 Å². The summed E-state index contributed by atoms with van der Waals surface area (Å²) in [6, 6.07) is 7.80. The van der Waals surface area contributed by atoms with Crippen LogP contribution in [0.3, 0.4) is 0 Å². The van der Waals surface area contributed by atoms with E-state index in [4.69, 9.17) is 11.6 Å². The van der Waals surface area contributed by atoms with Crippen molar-refractivity contribution in [2.45, 2.75) is 11.8 Å². The van der Waals surface area contributed by atoms with Gasteiger partial charge < -0.3 is 4.90 Å². The van der Waals surface area contributed by atoms with Crippen molar-refractivity contribution in [1.29, 1.82) is 0 Å². The van der Waals surface area contributed by atoms with E-state index < -0.39 is 0 Å². The maximum atomic E-state index is 11.8. The van der Waals surface area contributed by atoms with Gasteiger partial charge in [0.05, 0.1) is 5.75 Å². The number of halogens is 2. The molecular weight excluding hydrogens is 369 g/mol. The predicted molar refractivity (Wildman–Crippen MR) is 81.9 cm³/mol. The first kappa shape index (κ1) is 13.5. The molecule has 2 nitrogen and oxygen atoms in total. The Morgan fingerprint density at radius 1 is 1.53 bits per heavy atom. The van der Waals surface area contributed by atoms with Crippen LogP contribution in [0.1, 0.15) is 17.4 Å². The van der Waals surface area contributed by atoms with Crippen molar-refractivity contribution >= 4 is 51.9 Å². The van der Waals surface area contributed by atoms with Crippen LogP contribution in [-0.4, -0.2) is 27.5 Å². The minimum Gasteiger partial charge on any atom is -0.326 e. The number of alkyl halides is 1. The molecule has 0 saturated carbocycles. The summed E-state index contributed by atoms with van der Waals surface area (Å²) in [5, 5.41) is 0.875. The molecule has 0 bridgehead atoms. The van der Waals surface area contributed by atoms with E-state index in [2.05, 4.69) is 22.6 Å². The Morgan fingerprint density at radius 2 is 2.35 bits per heavy atom. The number of hydrogen-bond acceptors (Lipinski definition) is 2. The molecule has 1 fully saturated rings. The van der Waals surface area contributed by atoms with E-state index in [0.717, 1.165) is 28.0 Å². The van der Waals surface area contributed by atoms with Crippen LogP contribution in [0.25, 0.3) is 0 Å². The van der Waals surface area contributed by atoms with Crippen LogP contribution in [0.2, 0.25) is 5.02 Å². The number of carbonyl (C=O) groups excluding carboxylic acids is 1. The van der Waals surface area contributed by atoms with Crippen molar-refractivity contribution < 1.29 is 4.79 Å². The fraction of sp³-hybridized carbons (Fsp3) is 0.417. The first-order chi connectivity index (χ1) is 8.22. The molecule has 1 unspecified atom stereocenters. The Balaban J connectivity index is 2.16. The molecule has 0 spiro atoms. The van der Waals surface area contributed by atoms with Gasteiger partial charge in [-0.25, -0.2) is 0 Å². The minimum atomic E-state index is 0.143. The normalized spacial score (nSPS) is 20.0. The summed E-state index contributed by atoms with van der Waals surface area (Å²) in [7, 11) is 0. The molecule has 1 aliphatic heterocycles. The molecule has 1 heterocycles. The average Bonchev–Trinajstić information content (AvgIpc) is 2.68. The highest BCUT2D eigenvalue weighted by Gasteiger charge is 2.32. The van der Waals surface area contributed by atoms with Gasteiger partial charge in [0.25, 0.3) is 0 Å². The summed E-state index contributed by atoms with van der Waals surface area (Å²) in [5.74, 6) is 0.822. The number of rotatable bonds is 4. The van der Waals surface area contributed by atoms with E-state index in [9.17, 15) is 4.79 Å². The second kappa shape index (κ2) is 6.29. The predicted octanol–water partition coefficient (Wildman–Crippen LogP) is 3.74. The molecule has 17 heavy (non-hydrogen) atoms. The van der Waals surface area contributed by atoms with Gasteiger partial charge in [0.1, 0.15) is 5.37 Å². The van der Waals surface area contributed by atoms with Gasteiger partial charge >= 0.3 is 0 Å². The molecule has 0 aliphatic carbocycles. The number of carbonyl (C=O) groups is 1. The van der Waals surface area contributed by atoms with Crippen molar-refractivity contribution in [3.05, 3.63) is 34.9 Å². The van der Waals surface area contributed by atoms with Gasteiger partial charge in [0.15, 0.2) is 0 Å². The average molecular weight is 382 g/mol. The standard InChI is InChI=1S/C12H13ClINOS/c13-10-4-1-3-9(7-10)12-15(6-2-5-14)11(16)8-17-12/h1,3-4,7,12H,2,5-6,8H2. The lowest BCUT2D eigenvalue weighted by molar-refractivity contribution is -0.128. The lowest BCUT2D eigenvalue weighted by atomic mass is 10.2. The lowest BCUT2D eigenvalue weighted by Gasteiger charge is -2.24. The molecule has 5 heteroatoms. The number of benzene rings is 1. The van der Waals surface area contributed by atoms with E-state index >= 15 is 0 Å². The van der Waals surface area contributed by atoms with E-state index in [-0.39, 0.29) is 11.3 Å². The Kier molecular flexibility index (Phi) is 4.99. The molecule has 1 saturated heterocycles. The van der Waals surface area contributed by atoms with Gasteiger partial charge in [-0.2, -0.15) is 0 Å². The fourth-order valence-electron chi connectivity index (χ4n) is 1.86. The monoisotopic (exact) mass is 381 g/mol. The molecular formula is C12H13ClINOS. The highest BCUT2D eigenvalue weighted by molar-refractivity contribution is 14.1. The maximum absolute atomic E-state index is 11.8. The van der Waals surface area contributed by atoms with E-state index in [1.165, 1.54) is 0 Å². The van der Waals surface area contributed by atoms with Crippen LogP contribution >= 0.6 is 46.0 Å². The van der Waals surface area contributed by atoms with Crippen molar-refractivity contribution in [2.24, 2.45) is 0 Å². The summed E-state index contributed by atoms with van der Waals surface area (Å²) < 4.78 is 1.08. The van der Waals surface area contributed by atoms with Crippen molar-refractivity contribution in [3.8, 4) is 0 Å². The van der Waals surface area contributed by atoms with Gasteiger partial charge in [-0.05, 0) is 24.1 Å². The lowest BCUT2D eigenvalue weighted by Crippen LogP contribution is -2.29. The molecule has 92 valence electrons. The first-order valence-corrected chi connectivity index (χ1v) is 8.40. The Labute approximate surface area is 124 Å². The van der Waals surface area contributed by atoms with Gasteiger partial charge in [0.2, 0.25) is 5.91 Å². The summed E-state index contributed by atoms with van der Waals surface area (Å²) in [4.78, 5) is 13.8. The zero-order valence-electron chi connectivity index (χ0n) is 9.23. The third-order valence-corrected chi connectivity index (χ3v) is 4.89. The third kappa shape index (κ3) is 3.29. The SMILES string of the molecule is O=C1CSC(c2cccc(Cl)c2)N1CCCI. The van der Waals surface area contributed by atoms with Crippen LogP contribution < -0.4 is 0 Å². The molecule has 1 aromatic rings. The quantitative estimate of drug-likeness (QED) is 0.585. The smallest absolute Gasteiger partial charge is 0.233 e. The van der Waals surface area contributed by atoms with Gasteiger partial charge in [-0.1, -0.05) is 46.3 Å². The zero-order chi connectivity index (χ0) is 12.3. The minimum absolute atomic E-state index is 0.143. The molecule has 1 aliphatic rings. The van der Waals surface area contributed by atoms with Crippen molar-refractivity contribution in [2.75, 3.05) is 16.7 Å². The summed E-state index contributed by atoms with van der Waals surface area (Å²) >= 11 is 10.0. The number of thioether (sulfide) groups is 1. The van der Waals surface area contributed by atoms with Crippen LogP contribution in [0.5, 0.6) is 0 Å². The van der Waals surface area contributed by atoms with Gasteiger partial charge in [-0.15, -0.1) is 11.8 Å². The fourth-order valence-corrected chi connectivity index (χ4v) is 3.61. The molecule has 2 rings (SSSR count). The molecule has 1 atom stereocenters. The Morgan fingerprint density at radius 3 is 3.06 bits per heavy atom. The Hall–Kier alpha value is 0.0600. The van der Waals surface area contributed by atoms with Crippen LogP contribution in [-0.2, 0) is 4.79 Å².